The zero-order valence-electron chi connectivity index (χ0n) is 17.0. The molecule has 1 atom stereocenters. The van der Waals surface area contributed by atoms with E-state index in [2.05, 4.69) is 22.4 Å². The highest BCUT2D eigenvalue weighted by Crippen LogP contribution is 2.42. The summed E-state index contributed by atoms with van der Waals surface area (Å²) in [6, 6.07) is 6.29. The van der Waals surface area contributed by atoms with Crippen molar-refractivity contribution in [3.05, 3.63) is 63.2 Å². The van der Waals surface area contributed by atoms with Crippen LogP contribution in [0.1, 0.15) is 61.5 Å². The summed E-state index contributed by atoms with van der Waals surface area (Å²) in [6.07, 6.45) is 1.27. The third-order valence-electron chi connectivity index (χ3n) is 6.03. The van der Waals surface area contributed by atoms with Crippen LogP contribution in [-0.2, 0) is 5.54 Å². The molecular weight excluding hydrogens is 374 g/mol. The van der Waals surface area contributed by atoms with Gasteiger partial charge in [-0.2, -0.15) is 5.10 Å². The summed E-state index contributed by atoms with van der Waals surface area (Å²) >= 11 is 0. The summed E-state index contributed by atoms with van der Waals surface area (Å²) in [6.45, 7) is 7.50. The van der Waals surface area contributed by atoms with Crippen molar-refractivity contribution in [3.63, 3.8) is 0 Å². The maximum atomic E-state index is 13.3. The Kier molecular flexibility index (Phi) is 4.63. The van der Waals surface area contributed by atoms with E-state index in [9.17, 15) is 13.6 Å². The Morgan fingerprint density at radius 2 is 1.83 bits per heavy atom. The molecule has 1 N–H and O–H groups in total. The number of hydrogen-bond donors (Lipinski definition) is 1. The average molecular weight is 398 g/mol. The molecule has 3 aromatic rings. The minimum Gasteiger partial charge on any atom is -0.361 e. The normalized spacial score (nSPS) is 16.2. The molecule has 0 bridgehead atoms. The molecular formula is C22H24F2N4O. The third-order valence-corrected chi connectivity index (χ3v) is 6.03. The fourth-order valence-corrected chi connectivity index (χ4v) is 3.86. The molecule has 0 spiro atoms. The first kappa shape index (κ1) is 19.5. The van der Waals surface area contributed by atoms with Crippen LogP contribution in [0.5, 0.6) is 0 Å². The third kappa shape index (κ3) is 3.39. The first-order valence-electron chi connectivity index (χ1n) is 9.75. The number of aryl methyl sites for hydroxylation is 1. The molecule has 1 aromatic carbocycles. The zero-order valence-corrected chi connectivity index (χ0v) is 17.0. The number of halogens is 2. The van der Waals surface area contributed by atoms with Crippen LogP contribution in [0.15, 0.2) is 35.3 Å². The molecule has 0 unspecified atom stereocenters. The van der Waals surface area contributed by atoms with E-state index in [4.69, 9.17) is 0 Å². The molecule has 0 radical (unpaired) electrons. The number of nitrogens with zero attached hydrogens (tertiary/aromatic N) is 3. The maximum absolute atomic E-state index is 13.3. The lowest BCUT2D eigenvalue weighted by molar-refractivity contribution is 0.150. The second-order valence-corrected chi connectivity index (χ2v) is 8.17. The molecule has 1 fully saturated rings. The molecule has 0 amide bonds. The standard InChI is InChI=1S/C22H24F2N4O/c1-12-15(6-5-7-16(12)20(23)24)13(2)25-21-18-11-28(22(4)8-9-22)19(29)10-17(18)14(3)26-27-21/h5-7,10-11,13,20H,8-9H2,1-4H3,(H,25,27)/t13-/m1/s1. The van der Waals surface area contributed by atoms with Crippen LogP contribution in [0.3, 0.4) is 0 Å². The topological polar surface area (TPSA) is 59.8 Å². The van der Waals surface area contributed by atoms with E-state index in [1.807, 2.05) is 26.1 Å². The largest absolute Gasteiger partial charge is 0.361 e. The minimum atomic E-state index is -2.52. The predicted octanol–water partition coefficient (Wildman–Crippen LogP) is 5.03. The van der Waals surface area contributed by atoms with Crippen LogP contribution in [0.2, 0.25) is 0 Å². The molecule has 1 aliphatic carbocycles. The maximum Gasteiger partial charge on any atom is 0.264 e. The van der Waals surface area contributed by atoms with Gasteiger partial charge in [-0.05, 0) is 51.7 Å². The highest BCUT2D eigenvalue weighted by Gasteiger charge is 2.40. The first-order valence-corrected chi connectivity index (χ1v) is 9.75. The van der Waals surface area contributed by atoms with Gasteiger partial charge in [-0.15, -0.1) is 5.10 Å². The van der Waals surface area contributed by atoms with E-state index in [-0.39, 0.29) is 22.7 Å². The molecule has 4 rings (SSSR count). The Balaban J connectivity index is 1.78. The summed E-state index contributed by atoms with van der Waals surface area (Å²) in [5.41, 5.74) is 1.86. The molecule has 5 nitrogen and oxygen atoms in total. The molecule has 29 heavy (non-hydrogen) atoms. The van der Waals surface area contributed by atoms with Gasteiger partial charge in [-0.3, -0.25) is 4.79 Å². The first-order chi connectivity index (χ1) is 13.7. The van der Waals surface area contributed by atoms with E-state index in [0.29, 0.717) is 17.1 Å². The van der Waals surface area contributed by atoms with E-state index in [1.54, 1.807) is 23.6 Å². The SMILES string of the molecule is Cc1c(C(F)F)cccc1[C@@H](C)Nc1nnc(C)c2cc(=O)n(C3(C)CC3)cc12. The number of benzene rings is 1. The number of nitrogens with one attached hydrogen (secondary N) is 1. The smallest absolute Gasteiger partial charge is 0.264 e. The lowest BCUT2D eigenvalue weighted by atomic mass is 9.97. The van der Waals surface area contributed by atoms with Crippen LogP contribution in [0, 0.1) is 13.8 Å². The molecule has 0 aliphatic heterocycles. The van der Waals surface area contributed by atoms with Crippen LogP contribution in [-0.4, -0.2) is 14.8 Å². The summed E-state index contributed by atoms with van der Waals surface area (Å²) in [5.74, 6) is 0.540. The molecule has 0 saturated heterocycles. The van der Waals surface area contributed by atoms with Gasteiger partial charge in [0.25, 0.3) is 12.0 Å². The Labute approximate surface area is 167 Å². The predicted molar refractivity (Wildman–Crippen MR) is 110 cm³/mol. The van der Waals surface area contributed by atoms with Crippen molar-refractivity contribution in [2.45, 2.75) is 58.5 Å². The van der Waals surface area contributed by atoms with Gasteiger partial charge in [0.05, 0.1) is 11.7 Å². The minimum absolute atomic E-state index is 0.0338. The van der Waals surface area contributed by atoms with Crippen LogP contribution in [0.25, 0.3) is 10.8 Å². The van der Waals surface area contributed by atoms with Crippen molar-refractivity contribution >= 4 is 16.6 Å². The van der Waals surface area contributed by atoms with Gasteiger partial charge < -0.3 is 9.88 Å². The fraction of sp³-hybridized carbons (Fsp3) is 0.409. The van der Waals surface area contributed by atoms with Gasteiger partial charge >= 0.3 is 0 Å². The van der Waals surface area contributed by atoms with Crippen molar-refractivity contribution in [1.82, 2.24) is 14.8 Å². The number of pyridine rings is 1. The van der Waals surface area contributed by atoms with Gasteiger partial charge in [0, 0.05) is 34.1 Å². The van der Waals surface area contributed by atoms with E-state index in [0.717, 1.165) is 29.2 Å². The van der Waals surface area contributed by atoms with Crippen molar-refractivity contribution in [2.75, 3.05) is 5.32 Å². The lowest BCUT2D eigenvalue weighted by Crippen LogP contribution is -2.27. The highest BCUT2D eigenvalue weighted by molar-refractivity contribution is 5.92. The van der Waals surface area contributed by atoms with E-state index < -0.39 is 6.43 Å². The van der Waals surface area contributed by atoms with Gasteiger partial charge in [-0.25, -0.2) is 8.78 Å². The number of anilines is 1. The van der Waals surface area contributed by atoms with E-state index >= 15 is 0 Å². The second-order valence-electron chi connectivity index (χ2n) is 8.17. The Bertz CT molecular complexity index is 1150. The van der Waals surface area contributed by atoms with E-state index in [1.165, 1.54) is 6.07 Å². The number of rotatable bonds is 5. The summed E-state index contributed by atoms with van der Waals surface area (Å²) in [7, 11) is 0. The lowest BCUT2D eigenvalue weighted by Gasteiger charge is -2.21. The average Bonchev–Trinajstić information content (AvgIpc) is 3.42. The fourth-order valence-electron chi connectivity index (χ4n) is 3.86. The molecule has 152 valence electrons. The Hall–Kier alpha value is -2.83. The highest BCUT2D eigenvalue weighted by atomic mass is 19.3. The van der Waals surface area contributed by atoms with Crippen molar-refractivity contribution < 1.29 is 8.78 Å². The van der Waals surface area contributed by atoms with Crippen LogP contribution < -0.4 is 10.9 Å². The van der Waals surface area contributed by atoms with Crippen molar-refractivity contribution in [3.8, 4) is 0 Å². The quantitative estimate of drug-likeness (QED) is 0.655. The van der Waals surface area contributed by atoms with Crippen LogP contribution >= 0.6 is 0 Å². The Morgan fingerprint density at radius 3 is 2.48 bits per heavy atom. The van der Waals surface area contributed by atoms with Crippen molar-refractivity contribution in [1.29, 1.82) is 0 Å². The molecule has 2 heterocycles. The zero-order chi connectivity index (χ0) is 20.9. The van der Waals surface area contributed by atoms with Gasteiger partial charge in [0.2, 0.25) is 0 Å². The van der Waals surface area contributed by atoms with Crippen molar-refractivity contribution in [2.24, 2.45) is 0 Å². The number of alkyl halides is 2. The van der Waals surface area contributed by atoms with Gasteiger partial charge in [0.15, 0.2) is 5.82 Å². The molecule has 2 aromatic heterocycles. The molecule has 1 saturated carbocycles. The summed E-state index contributed by atoms with van der Waals surface area (Å²) in [4.78, 5) is 12.6. The molecule has 1 aliphatic rings. The van der Waals surface area contributed by atoms with Crippen LogP contribution in [0.4, 0.5) is 14.6 Å². The van der Waals surface area contributed by atoms with Gasteiger partial charge in [-0.1, -0.05) is 18.2 Å². The summed E-state index contributed by atoms with van der Waals surface area (Å²) < 4.78 is 28.3. The number of hydrogen-bond acceptors (Lipinski definition) is 4. The summed E-state index contributed by atoms with van der Waals surface area (Å²) in [5, 5.41) is 13.4. The second kappa shape index (κ2) is 6.90. The number of aromatic nitrogens is 3. The number of fused-ring (bicyclic) bond motifs is 1. The van der Waals surface area contributed by atoms with Gasteiger partial charge in [0.1, 0.15) is 0 Å². The molecule has 7 heteroatoms. The monoisotopic (exact) mass is 398 g/mol. The Morgan fingerprint density at radius 1 is 1.14 bits per heavy atom.